The van der Waals surface area contributed by atoms with Crippen LogP contribution in [0.25, 0.3) is 0 Å². The third kappa shape index (κ3) is 10.5. The van der Waals surface area contributed by atoms with Gasteiger partial charge in [-0.15, -0.1) is 0 Å². The average molecular weight is 473 g/mol. The predicted molar refractivity (Wildman–Crippen MR) is 134 cm³/mol. The zero-order chi connectivity index (χ0) is 25.5. The molecule has 0 aliphatic heterocycles. The molecule has 0 saturated carbocycles. The molecule has 0 amide bonds. The predicted octanol–water partition coefficient (Wildman–Crippen LogP) is 5.69. The molecule has 6 nitrogen and oxygen atoms in total. The first kappa shape index (κ1) is 29.3. The quantitative estimate of drug-likeness (QED) is 0.343. The van der Waals surface area contributed by atoms with Crippen LogP contribution in [0.4, 0.5) is 0 Å². The van der Waals surface area contributed by atoms with E-state index in [9.17, 15) is 9.59 Å². The Labute approximate surface area is 203 Å². The van der Waals surface area contributed by atoms with E-state index < -0.39 is 11.9 Å². The highest BCUT2D eigenvalue weighted by atomic mass is 16.5. The van der Waals surface area contributed by atoms with Crippen molar-refractivity contribution in [1.29, 1.82) is 0 Å². The standard InChI is InChI=1S/2C14H20O3/c2*1-14(11-13(15)16,9-6-10-17-2)12-7-4-3-5-8-12/h2*3-5,7-8H,6,9-11H2,1-2H3,(H,15,16). The molecule has 2 aromatic rings. The molecule has 2 aromatic carbocycles. The van der Waals surface area contributed by atoms with E-state index in [1.54, 1.807) is 14.2 Å². The van der Waals surface area contributed by atoms with Crippen LogP contribution >= 0.6 is 0 Å². The van der Waals surface area contributed by atoms with Gasteiger partial charge in [0.05, 0.1) is 12.8 Å². The molecule has 0 saturated heterocycles. The summed E-state index contributed by atoms with van der Waals surface area (Å²) in [5, 5.41) is 18.1. The number of hydrogen-bond acceptors (Lipinski definition) is 4. The number of carboxylic acids is 2. The zero-order valence-electron chi connectivity index (χ0n) is 21.0. The molecule has 0 bridgehead atoms. The SMILES string of the molecule is COCCCC(C)(CC(=O)O)c1ccccc1.COCCCC(C)(CC(=O)O)c1ccccc1. The maximum atomic E-state index is 11.0. The highest BCUT2D eigenvalue weighted by Gasteiger charge is 2.29. The third-order valence-electron chi connectivity index (χ3n) is 6.18. The number of aliphatic carboxylic acids is 2. The van der Waals surface area contributed by atoms with Gasteiger partial charge in [-0.05, 0) is 36.8 Å². The van der Waals surface area contributed by atoms with Crippen molar-refractivity contribution >= 4 is 11.9 Å². The lowest BCUT2D eigenvalue weighted by molar-refractivity contribution is -0.139. The third-order valence-corrected chi connectivity index (χ3v) is 6.18. The van der Waals surface area contributed by atoms with E-state index in [-0.39, 0.29) is 23.7 Å². The van der Waals surface area contributed by atoms with E-state index in [4.69, 9.17) is 19.7 Å². The second-order valence-corrected chi connectivity index (χ2v) is 9.19. The summed E-state index contributed by atoms with van der Waals surface area (Å²) in [6, 6.07) is 19.7. The van der Waals surface area contributed by atoms with Crippen LogP contribution in [0.15, 0.2) is 60.7 Å². The monoisotopic (exact) mass is 472 g/mol. The van der Waals surface area contributed by atoms with Crippen LogP contribution in [0, 0.1) is 0 Å². The van der Waals surface area contributed by atoms with Crippen molar-refractivity contribution < 1.29 is 29.3 Å². The van der Waals surface area contributed by atoms with E-state index in [1.165, 1.54) is 0 Å². The normalized spacial score (nSPS) is 14.2. The lowest BCUT2D eigenvalue weighted by atomic mass is 9.76. The molecule has 2 N–H and O–H groups in total. The minimum Gasteiger partial charge on any atom is -0.481 e. The van der Waals surface area contributed by atoms with E-state index in [2.05, 4.69) is 0 Å². The van der Waals surface area contributed by atoms with Crippen molar-refractivity contribution in [2.45, 2.75) is 63.2 Å². The molecular weight excluding hydrogens is 432 g/mol. The fourth-order valence-corrected chi connectivity index (χ4v) is 4.23. The number of methoxy groups -OCH3 is 2. The zero-order valence-corrected chi connectivity index (χ0v) is 21.0. The molecule has 0 aliphatic carbocycles. The Balaban J connectivity index is 0.000000340. The minimum atomic E-state index is -0.756. The van der Waals surface area contributed by atoms with Crippen LogP contribution < -0.4 is 0 Å². The van der Waals surface area contributed by atoms with E-state index >= 15 is 0 Å². The van der Waals surface area contributed by atoms with Gasteiger partial charge in [0.15, 0.2) is 0 Å². The molecule has 0 aliphatic rings. The molecule has 188 valence electrons. The van der Waals surface area contributed by atoms with Crippen molar-refractivity contribution in [3.05, 3.63) is 71.8 Å². The number of carbonyl (C=O) groups is 2. The van der Waals surface area contributed by atoms with Gasteiger partial charge in [-0.2, -0.15) is 0 Å². The van der Waals surface area contributed by atoms with Gasteiger partial charge < -0.3 is 19.7 Å². The maximum absolute atomic E-state index is 11.0. The van der Waals surface area contributed by atoms with Gasteiger partial charge in [0.1, 0.15) is 0 Å². The molecule has 0 spiro atoms. The molecular formula is C28H40O6. The topological polar surface area (TPSA) is 93.1 Å². The summed E-state index contributed by atoms with van der Waals surface area (Å²) < 4.78 is 10.1. The summed E-state index contributed by atoms with van der Waals surface area (Å²) >= 11 is 0. The summed E-state index contributed by atoms with van der Waals surface area (Å²) in [5.41, 5.74) is 1.54. The summed E-state index contributed by atoms with van der Waals surface area (Å²) in [6.45, 7) is 5.35. The maximum Gasteiger partial charge on any atom is 0.304 e. The number of benzene rings is 2. The summed E-state index contributed by atoms with van der Waals surface area (Å²) in [4.78, 5) is 22.0. The lowest BCUT2D eigenvalue weighted by Gasteiger charge is -2.28. The first-order valence-corrected chi connectivity index (χ1v) is 11.7. The Morgan fingerprint density at radius 1 is 0.676 bits per heavy atom. The first-order chi connectivity index (χ1) is 16.2. The second kappa shape index (κ2) is 15.3. The van der Waals surface area contributed by atoms with Gasteiger partial charge in [0, 0.05) is 38.3 Å². The lowest BCUT2D eigenvalue weighted by Crippen LogP contribution is -2.26. The minimum absolute atomic E-state index is 0.153. The van der Waals surface area contributed by atoms with Crippen molar-refractivity contribution in [2.75, 3.05) is 27.4 Å². The van der Waals surface area contributed by atoms with Gasteiger partial charge in [-0.1, -0.05) is 74.5 Å². The Bertz CT molecular complexity index is 767. The summed E-state index contributed by atoms with van der Waals surface area (Å²) in [5.74, 6) is -1.51. The van der Waals surface area contributed by atoms with E-state index in [0.29, 0.717) is 13.2 Å². The number of hydrogen-bond donors (Lipinski definition) is 2. The number of rotatable bonds is 14. The van der Waals surface area contributed by atoms with E-state index in [1.807, 2.05) is 74.5 Å². The van der Waals surface area contributed by atoms with Crippen LogP contribution in [0.5, 0.6) is 0 Å². The van der Waals surface area contributed by atoms with Crippen LogP contribution in [0.1, 0.15) is 63.5 Å². The largest absolute Gasteiger partial charge is 0.481 e. The highest BCUT2D eigenvalue weighted by molar-refractivity contribution is 5.69. The summed E-state index contributed by atoms with van der Waals surface area (Å²) in [7, 11) is 3.33. The molecule has 0 fully saturated rings. The highest BCUT2D eigenvalue weighted by Crippen LogP contribution is 2.33. The fraction of sp³-hybridized carbons (Fsp3) is 0.500. The van der Waals surface area contributed by atoms with Crippen molar-refractivity contribution in [2.24, 2.45) is 0 Å². The molecule has 2 rings (SSSR count). The van der Waals surface area contributed by atoms with Crippen molar-refractivity contribution in [1.82, 2.24) is 0 Å². The smallest absolute Gasteiger partial charge is 0.304 e. The van der Waals surface area contributed by atoms with Crippen LogP contribution in [0.3, 0.4) is 0 Å². The molecule has 0 heterocycles. The number of carboxylic acid groups (broad SMARTS) is 2. The van der Waals surface area contributed by atoms with Gasteiger partial charge in [0.2, 0.25) is 0 Å². The van der Waals surface area contributed by atoms with Gasteiger partial charge in [0.25, 0.3) is 0 Å². The Morgan fingerprint density at radius 2 is 1.00 bits per heavy atom. The van der Waals surface area contributed by atoms with Crippen LogP contribution in [-0.2, 0) is 29.9 Å². The summed E-state index contributed by atoms with van der Waals surface area (Å²) in [6.07, 6.45) is 3.68. The van der Waals surface area contributed by atoms with Crippen LogP contribution in [0.2, 0.25) is 0 Å². The first-order valence-electron chi connectivity index (χ1n) is 11.7. The Morgan fingerprint density at radius 3 is 1.26 bits per heavy atom. The van der Waals surface area contributed by atoms with Crippen molar-refractivity contribution in [3.63, 3.8) is 0 Å². The van der Waals surface area contributed by atoms with Gasteiger partial charge >= 0.3 is 11.9 Å². The van der Waals surface area contributed by atoms with Crippen LogP contribution in [-0.4, -0.2) is 49.6 Å². The van der Waals surface area contributed by atoms with Gasteiger partial charge in [-0.3, -0.25) is 9.59 Å². The molecule has 6 heteroatoms. The van der Waals surface area contributed by atoms with E-state index in [0.717, 1.165) is 36.8 Å². The molecule has 34 heavy (non-hydrogen) atoms. The Kier molecular flexibility index (Phi) is 13.2. The molecule has 0 aromatic heterocycles. The Hall–Kier alpha value is -2.70. The average Bonchev–Trinajstić information content (AvgIpc) is 2.80. The molecule has 2 unspecified atom stereocenters. The number of ether oxygens (including phenoxy) is 2. The molecule has 0 radical (unpaired) electrons. The second-order valence-electron chi connectivity index (χ2n) is 9.19. The van der Waals surface area contributed by atoms with Gasteiger partial charge in [-0.25, -0.2) is 0 Å². The van der Waals surface area contributed by atoms with Crippen molar-refractivity contribution in [3.8, 4) is 0 Å². The fourth-order valence-electron chi connectivity index (χ4n) is 4.23. The molecule has 2 atom stereocenters.